The highest BCUT2D eigenvalue weighted by Crippen LogP contribution is 2.29. The molecule has 0 amide bonds. The average Bonchev–Trinajstić information content (AvgIpc) is 2.92. The van der Waals surface area contributed by atoms with Gasteiger partial charge in [0, 0.05) is 28.1 Å². The van der Waals surface area contributed by atoms with E-state index in [0.29, 0.717) is 6.54 Å². The van der Waals surface area contributed by atoms with Crippen LogP contribution in [0.1, 0.15) is 11.6 Å². The summed E-state index contributed by atoms with van der Waals surface area (Å²) in [6.07, 6.45) is 1.54. The van der Waals surface area contributed by atoms with Gasteiger partial charge >= 0.3 is 0 Å². The number of rotatable bonds is 5. The van der Waals surface area contributed by atoms with Crippen LogP contribution < -0.4 is 5.32 Å². The van der Waals surface area contributed by atoms with Crippen LogP contribution in [0.2, 0.25) is 0 Å². The molecule has 0 unspecified atom stereocenters. The molecule has 3 nitrogen and oxygen atoms in total. The number of benzene rings is 2. The molecule has 0 saturated carbocycles. The lowest BCUT2D eigenvalue weighted by Gasteiger charge is -2.26. The first-order valence-electron chi connectivity index (χ1n) is 7.34. The molecular formula is C18H19BrN2O. The third-order valence-electron chi connectivity index (χ3n) is 3.90. The standard InChI is InChI=1S/C18H19BrN2O/c1-20-12-17(22)18(13-5-3-2-4-6-13)21-10-9-14-11-15(19)7-8-16(14)21/h2-11,17-18,20,22H,12H2,1H3/t17-,18+/m1/s1. The van der Waals surface area contributed by atoms with Gasteiger partial charge in [-0.15, -0.1) is 0 Å². The number of aliphatic hydroxyl groups is 1. The Balaban J connectivity index is 2.11. The summed E-state index contributed by atoms with van der Waals surface area (Å²) >= 11 is 3.51. The van der Waals surface area contributed by atoms with Crippen LogP contribution in [-0.4, -0.2) is 29.4 Å². The highest BCUT2D eigenvalue weighted by atomic mass is 79.9. The summed E-state index contributed by atoms with van der Waals surface area (Å²) in [5.74, 6) is 0. The minimum atomic E-state index is -0.508. The van der Waals surface area contributed by atoms with Crippen molar-refractivity contribution >= 4 is 26.8 Å². The second-order valence-electron chi connectivity index (χ2n) is 5.41. The molecule has 2 N–H and O–H groups in total. The van der Waals surface area contributed by atoms with E-state index in [9.17, 15) is 5.11 Å². The molecule has 0 bridgehead atoms. The number of fused-ring (bicyclic) bond motifs is 1. The fourth-order valence-electron chi connectivity index (χ4n) is 2.92. The lowest BCUT2D eigenvalue weighted by Crippen LogP contribution is -2.33. The molecular weight excluding hydrogens is 340 g/mol. The van der Waals surface area contributed by atoms with Crippen molar-refractivity contribution in [2.45, 2.75) is 12.1 Å². The molecule has 3 aromatic rings. The predicted octanol–water partition coefficient (Wildman–Crippen LogP) is 3.57. The topological polar surface area (TPSA) is 37.2 Å². The summed E-state index contributed by atoms with van der Waals surface area (Å²) in [5, 5.41) is 14.9. The molecule has 0 saturated heterocycles. The molecule has 1 heterocycles. The molecule has 0 radical (unpaired) electrons. The SMILES string of the molecule is CNC[C@@H](O)[C@H](c1ccccc1)n1ccc2cc(Br)ccc21. The lowest BCUT2D eigenvalue weighted by atomic mass is 10.0. The van der Waals surface area contributed by atoms with Crippen LogP contribution in [0.15, 0.2) is 65.3 Å². The highest BCUT2D eigenvalue weighted by Gasteiger charge is 2.23. The van der Waals surface area contributed by atoms with Crippen molar-refractivity contribution in [2.75, 3.05) is 13.6 Å². The molecule has 0 aliphatic rings. The van der Waals surface area contributed by atoms with Gasteiger partial charge < -0.3 is 15.0 Å². The number of likely N-dealkylation sites (N-methyl/N-ethyl adjacent to an activating group) is 1. The molecule has 114 valence electrons. The molecule has 1 aromatic heterocycles. The van der Waals surface area contributed by atoms with Crippen LogP contribution in [0, 0.1) is 0 Å². The molecule has 0 aliphatic heterocycles. The second kappa shape index (κ2) is 6.65. The zero-order valence-electron chi connectivity index (χ0n) is 12.4. The largest absolute Gasteiger partial charge is 0.389 e. The fraction of sp³-hybridized carbons (Fsp3) is 0.222. The quantitative estimate of drug-likeness (QED) is 0.731. The van der Waals surface area contributed by atoms with Crippen LogP contribution in [0.25, 0.3) is 10.9 Å². The van der Waals surface area contributed by atoms with E-state index in [2.05, 4.69) is 56.1 Å². The Morgan fingerprint density at radius 2 is 1.91 bits per heavy atom. The Kier molecular flexibility index (Phi) is 4.62. The van der Waals surface area contributed by atoms with Gasteiger partial charge in [0.1, 0.15) is 0 Å². The number of nitrogens with one attached hydrogen (secondary N) is 1. The number of hydrogen-bond donors (Lipinski definition) is 2. The normalized spacial score (nSPS) is 14.1. The van der Waals surface area contributed by atoms with E-state index in [4.69, 9.17) is 0 Å². The molecule has 0 aliphatic carbocycles. The van der Waals surface area contributed by atoms with E-state index >= 15 is 0 Å². The van der Waals surface area contributed by atoms with Crippen molar-refractivity contribution in [3.05, 3.63) is 70.8 Å². The van der Waals surface area contributed by atoms with Gasteiger partial charge in [-0.2, -0.15) is 0 Å². The molecule has 22 heavy (non-hydrogen) atoms. The van der Waals surface area contributed by atoms with E-state index in [-0.39, 0.29) is 6.04 Å². The van der Waals surface area contributed by atoms with Gasteiger partial charge in [-0.05, 0) is 36.9 Å². The summed E-state index contributed by atoms with van der Waals surface area (Å²) in [5.41, 5.74) is 2.22. The van der Waals surface area contributed by atoms with Crippen LogP contribution in [0.4, 0.5) is 0 Å². The maximum Gasteiger partial charge on any atom is 0.0912 e. The molecule has 3 rings (SSSR count). The Morgan fingerprint density at radius 3 is 2.64 bits per heavy atom. The number of nitrogens with zero attached hydrogens (tertiary/aromatic N) is 1. The first-order chi connectivity index (χ1) is 10.7. The van der Waals surface area contributed by atoms with Gasteiger partial charge in [0.05, 0.1) is 12.1 Å². The Hall–Kier alpha value is -1.62. The van der Waals surface area contributed by atoms with E-state index in [0.717, 1.165) is 20.9 Å². The van der Waals surface area contributed by atoms with Gasteiger partial charge in [0.25, 0.3) is 0 Å². The third-order valence-corrected chi connectivity index (χ3v) is 4.39. The number of aromatic nitrogens is 1. The summed E-state index contributed by atoms with van der Waals surface area (Å²) < 4.78 is 3.21. The van der Waals surface area contributed by atoms with Crippen molar-refractivity contribution in [1.82, 2.24) is 9.88 Å². The van der Waals surface area contributed by atoms with Gasteiger partial charge in [0.15, 0.2) is 0 Å². The van der Waals surface area contributed by atoms with E-state index in [1.165, 1.54) is 0 Å². The highest BCUT2D eigenvalue weighted by molar-refractivity contribution is 9.10. The Morgan fingerprint density at radius 1 is 1.14 bits per heavy atom. The van der Waals surface area contributed by atoms with E-state index < -0.39 is 6.10 Å². The third kappa shape index (κ3) is 2.95. The average molecular weight is 359 g/mol. The fourth-order valence-corrected chi connectivity index (χ4v) is 3.30. The first kappa shape index (κ1) is 15.3. The van der Waals surface area contributed by atoms with Crippen LogP contribution in [0.3, 0.4) is 0 Å². The molecule has 4 heteroatoms. The monoisotopic (exact) mass is 358 g/mol. The summed E-state index contributed by atoms with van der Waals surface area (Å²) in [6, 6.07) is 18.3. The molecule has 0 fully saturated rings. The van der Waals surface area contributed by atoms with Crippen molar-refractivity contribution in [3.8, 4) is 0 Å². The summed E-state index contributed by atoms with van der Waals surface area (Å²) in [6.45, 7) is 0.537. The number of halogens is 1. The Labute approximate surface area is 138 Å². The van der Waals surface area contributed by atoms with E-state index in [1.807, 2.05) is 37.5 Å². The zero-order valence-corrected chi connectivity index (χ0v) is 14.0. The molecule has 0 spiro atoms. The molecule has 2 aromatic carbocycles. The van der Waals surface area contributed by atoms with Crippen molar-refractivity contribution in [2.24, 2.45) is 0 Å². The van der Waals surface area contributed by atoms with Gasteiger partial charge in [-0.25, -0.2) is 0 Å². The zero-order chi connectivity index (χ0) is 15.5. The maximum absolute atomic E-state index is 10.7. The number of aliphatic hydroxyl groups excluding tert-OH is 1. The van der Waals surface area contributed by atoms with Crippen molar-refractivity contribution < 1.29 is 5.11 Å². The van der Waals surface area contributed by atoms with Crippen LogP contribution in [0.5, 0.6) is 0 Å². The predicted molar refractivity (Wildman–Crippen MR) is 94.2 cm³/mol. The van der Waals surface area contributed by atoms with Gasteiger partial charge in [-0.1, -0.05) is 46.3 Å². The molecule has 2 atom stereocenters. The first-order valence-corrected chi connectivity index (χ1v) is 8.13. The Bertz CT molecular complexity index is 754. The minimum Gasteiger partial charge on any atom is -0.389 e. The minimum absolute atomic E-state index is 0.118. The maximum atomic E-state index is 10.7. The second-order valence-corrected chi connectivity index (χ2v) is 6.32. The smallest absolute Gasteiger partial charge is 0.0912 e. The van der Waals surface area contributed by atoms with Gasteiger partial charge in [0.2, 0.25) is 0 Å². The summed E-state index contributed by atoms with van der Waals surface area (Å²) in [7, 11) is 1.86. The van der Waals surface area contributed by atoms with Crippen molar-refractivity contribution in [1.29, 1.82) is 0 Å². The van der Waals surface area contributed by atoms with Gasteiger partial charge in [-0.3, -0.25) is 0 Å². The van der Waals surface area contributed by atoms with Crippen LogP contribution >= 0.6 is 15.9 Å². The number of hydrogen-bond acceptors (Lipinski definition) is 2. The van der Waals surface area contributed by atoms with Crippen LogP contribution in [-0.2, 0) is 0 Å². The van der Waals surface area contributed by atoms with E-state index in [1.54, 1.807) is 0 Å². The van der Waals surface area contributed by atoms with Crippen molar-refractivity contribution in [3.63, 3.8) is 0 Å². The lowest BCUT2D eigenvalue weighted by molar-refractivity contribution is 0.132. The summed E-state index contributed by atoms with van der Waals surface area (Å²) in [4.78, 5) is 0.